The summed E-state index contributed by atoms with van der Waals surface area (Å²) in [6, 6.07) is 0. The fourth-order valence-corrected chi connectivity index (χ4v) is 3.44. The van der Waals surface area contributed by atoms with Gasteiger partial charge in [0, 0.05) is 19.6 Å². The number of piperidine rings is 1. The number of aromatic nitrogens is 3. The van der Waals surface area contributed by atoms with Crippen LogP contribution in [-0.2, 0) is 0 Å². The van der Waals surface area contributed by atoms with Crippen LogP contribution in [-0.4, -0.2) is 34.6 Å². The van der Waals surface area contributed by atoms with Gasteiger partial charge in [0.15, 0.2) is 0 Å². The number of hydrogen-bond donors (Lipinski definition) is 2. The molecule has 2 heterocycles. The lowest BCUT2D eigenvalue weighted by molar-refractivity contribution is 0.535. The molecule has 116 valence electrons. The first kappa shape index (κ1) is 14.4. The molecular formula is C15H26N6. The normalized spacial score (nSPS) is 26.0. The quantitative estimate of drug-likeness (QED) is 0.885. The standard InChI is InChI=1S/C15H26N6/c1-11-5-6-12(9-11)10-17-14-18-13(16)19-15(20-14)21-7-3-2-4-8-21/h11-12H,2-10H2,1H3,(H3,16,17,18,19,20). The second kappa shape index (κ2) is 6.45. The minimum atomic E-state index is 0.313. The Morgan fingerprint density at radius 3 is 2.67 bits per heavy atom. The number of rotatable bonds is 4. The molecule has 6 heteroatoms. The lowest BCUT2D eigenvalue weighted by atomic mass is 10.1. The molecule has 6 nitrogen and oxygen atoms in total. The molecule has 1 aromatic heterocycles. The molecule has 1 aliphatic carbocycles. The largest absolute Gasteiger partial charge is 0.368 e. The summed E-state index contributed by atoms with van der Waals surface area (Å²) >= 11 is 0. The van der Waals surface area contributed by atoms with Crippen molar-refractivity contribution in [1.29, 1.82) is 0 Å². The van der Waals surface area contributed by atoms with Gasteiger partial charge in [-0.3, -0.25) is 0 Å². The fourth-order valence-electron chi connectivity index (χ4n) is 3.44. The van der Waals surface area contributed by atoms with E-state index in [0.717, 1.165) is 37.4 Å². The number of nitrogens with two attached hydrogens (primary N) is 1. The third-order valence-electron chi connectivity index (χ3n) is 4.63. The highest BCUT2D eigenvalue weighted by Crippen LogP contribution is 2.30. The highest BCUT2D eigenvalue weighted by atomic mass is 15.3. The van der Waals surface area contributed by atoms with Crippen molar-refractivity contribution in [2.24, 2.45) is 11.8 Å². The Morgan fingerprint density at radius 1 is 1.14 bits per heavy atom. The summed E-state index contributed by atoms with van der Waals surface area (Å²) in [7, 11) is 0. The molecule has 3 rings (SSSR count). The Hall–Kier alpha value is -1.59. The molecule has 0 bridgehead atoms. The number of anilines is 3. The zero-order valence-electron chi connectivity index (χ0n) is 12.9. The van der Waals surface area contributed by atoms with E-state index in [4.69, 9.17) is 5.73 Å². The van der Waals surface area contributed by atoms with Gasteiger partial charge in [-0.1, -0.05) is 13.3 Å². The lowest BCUT2D eigenvalue weighted by Gasteiger charge is -2.26. The maximum atomic E-state index is 5.84. The van der Waals surface area contributed by atoms with E-state index in [1.807, 2.05) is 0 Å². The van der Waals surface area contributed by atoms with Crippen molar-refractivity contribution < 1.29 is 0 Å². The molecule has 0 amide bonds. The van der Waals surface area contributed by atoms with Crippen LogP contribution in [0.4, 0.5) is 17.8 Å². The molecule has 1 aliphatic heterocycles. The Morgan fingerprint density at radius 2 is 1.95 bits per heavy atom. The summed E-state index contributed by atoms with van der Waals surface area (Å²) in [6.07, 6.45) is 7.63. The molecule has 0 spiro atoms. The summed E-state index contributed by atoms with van der Waals surface area (Å²) < 4.78 is 0. The monoisotopic (exact) mass is 290 g/mol. The maximum absolute atomic E-state index is 5.84. The summed E-state index contributed by atoms with van der Waals surface area (Å²) in [5.41, 5.74) is 5.84. The lowest BCUT2D eigenvalue weighted by Crippen LogP contribution is -2.31. The minimum absolute atomic E-state index is 0.313. The molecule has 1 saturated heterocycles. The Balaban J connectivity index is 1.63. The van der Waals surface area contributed by atoms with Crippen molar-refractivity contribution >= 4 is 17.8 Å². The highest BCUT2D eigenvalue weighted by molar-refractivity contribution is 5.42. The summed E-state index contributed by atoms with van der Waals surface area (Å²) in [6.45, 7) is 5.30. The van der Waals surface area contributed by atoms with E-state index in [1.54, 1.807) is 0 Å². The van der Waals surface area contributed by atoms with Crippen LogP contribution in [0.2, 0.25) is 0 Å². The van der Waals surface area contributed by atoms with Gasteiger partial charge in [-0.05, 0) is 43.9 Å². The number of nitrogens with one attached hydrogen (secondary N) is 1. The second-order valence-electron chi connectivity index (χ2n) is 6.53. The number of hydrogen-bond acceptors (Lipinski definition) is 6. The van der Waals surface area contributed by atoms with Gasteiger partial charge >= 0.3 is 0 Å². The zero-order chi connectivity index (χ0) is 14.7. The van der Waals surface area contributed by atoms with Gasteiger partial charge in [0.25, 0.3) is 0 Å². The van der Waals surface area contributed by atoms with E-state index in [9.17, 15) is 0 Å². The van der Waals surface area contributed by atoms with Gasteiger partial charge in [-0.25, -0.2) is 0 Å². The summed E-state index contributed by atoms with van der Waals surface area (Å²) in [5, 5.41) is 3.36. The van der Waals surface area contributed by atoms with Gasteiger partial charge in [0.05, 0.1) is 0 Å². The number of nitrogen functional groups attached to an aromatic ring is 1. The summed E-state index contributed by atoms with van der Waals surface area (Å²) in [5.74, 6) is 3.25. The predicted molar refractivity (Wildman–Crippen MR) is 85.3 cm³/mol. The van der Waals surface area contributed by atoms with E-state index in [1.165, 1.54) is 38.5 Å². The molecule has 2 atom stereocenters. The van der Waals surface area contributed by atoms with Crippen LogP contribution < -0.4 is 16.0 Å². The second-order valence-corrected chi connectivity index (χ2v) is 6.53. The van der Waals surface area contributed by atoms with Crippen molar-refractivity contribution in [2.75, 3.05) is 35.6 Å². The Kier molecular flexibility index (Phi) is 4.41. The van der Waals surface area contributed by atoms with Crippen molar-refractivity contribution in [1.82, 2.24) is 15.0 Å². The smallest absolute Gasteiger partial charge is 0.231 e. The predicted octanol–water partition coefficient (Wildman–Crippen LogP) is 2.29. The molecule has 3 N–H and O–H groups in total. The molecule has 1 saturated carbocycles. The highest BCUT2D eigenvalue weighted by Gasteiger charge is 2.21. The third kappa shape index (κ3) is 3.74. The van der Waals surface area contributed by atoms with Crippen molar-refractivity contribution in [3.8, 4) is 0 Å². The van der Waals surface area contributed by atoms with E-state index < -0.39 is 0 Å². The van der Waals surface area contributed by atoms with E-state index in [0.29, 0.717) is 11.9 Å². The van der Waals surface area contributed by atoms with Gasteiger partial charge in [-0.2, -0.15) is 15.0 Å². The van der Waals surface area contributed by atoms with Crippen LogP contribution in [0.25, 0.3) is 0 Å². The molecule has 2 unspecified atom stereocenters. The van der Waals surface area contributed by atoms with Gasteiger partial charge < -0.3 is 16.0 Å². The van der Waals surface area contributed by atoms with Gasteiger partial charge in [-0.15, -0.1) is 0 Å². The molecule has 2 fully saturated rings. The van der Waals surface area contributed by atoms with E-state index >= 15 is 0 Å². The van der Waals surface area contributed by atoms with E-state index in [-0.39, 0.29) is 0 Å². The SMILES string of the molecule is CC1CCC(CNc2nc(N)nc(N3CCCCC3)n2)C1. The minimum Gasteiger partial charge on any atom is -0.368 e. The maximum Gasteiger partial charge on any atom is 0.231 e. The van der Waals surface area contributed by atoms with Crippen molar-refractivity contribution in [3.63, 3.8) is 0 Å². The van der Waals surface area contributed by atoms with Gasteiger partial charge in [0.2, 0.25) is 17.8 Å². The van der Waals surface area contributed by atoms with Crippen LogP contribution in [0.15, 0.2) is 0 Å². The molecule has 0 radical (unpaired) electrons. The molecule has 21 heavy (non-hydrogen) atoms. The van der Waals surface area contributed by atoms with Gasteiger partial charge in [0.1, 0.15) is 0 Å². The first-order valence-corrected chi connectivity index (χ1v) is 8.21. The molecule has 1 aromatic rings. The van der Waals surface area contributed by atoms with Crippen LogP contribution in [0.3, 0.4) is 0 Å². The molecular weight excluding hydrogens is 264 g/mol. The third-order valence-corrected chi connectivity index (χ3v) is 4.63. The first-order chi connectivity index (χ1) is 10.2. The summed E-state index contributed by atoms with van der Waals surface area (Å²) in [4.78, 5) is 15.3. The van der Waals surface area contributed by atoms with Crippen LogP contribution >= 0.6 is 0 Å². The number of nitrogens with zero attached hydrogens (tertiary/aromatic N) is 4. The zero-order valence-corrected chi connectivity index (χ0v) is 12.9. The average molecular weight is 290 g/mol. The fraction of sp³-hybridized carbons (Fsp3) is 0.800. The topological polar surface area (TPSA) is 80.0 Å². The van der Waals surface area contributed by atoms with Crippen LogP contribution in [0.5, 0.6) is 0 Å². The Labute approximate surface area is 126 Å². The van der Waals surface area contributed by atoms with Crippen LogP contribution in [0, 0.1) is 11.8 Å². The van der Waals surface area contributed by atoms with Crippen LogP contribution in [0.1, 0.15) is 45.4 Å². The average Bonchev–Trinajstić information content (AvgIpc) is 2.91. The Bertz CT molecular complexity index is 471. The van der Waals surface area contributed by atoms with E-state index in [2.05, 4.69) is 32.1 Å². The molecule has 0 aromatic carbocycles. The molecule has 2 aliphatic rings. The van der Waals surface area contributed by atoms with Crippen molar-refractivity contribution in [2.45, 2.75) is 45.4 Å². The first-order valence-electron chi connectivity index (χ1n) is 8.21. The van der Waals surface area contributed by atoms with Crippen molar-refractivity contribution in [3.05, 3.63) is 0 Å².